The minimum Gasteiger partial charge on any atom is -0.354 e. The van der Waals surface area contributed by atoms with E-state index in [0.717, 1.165) is 71.2 Å². The van der Waals surface area contributed by atoms with E-state index in [1.54, 1.807) is 0 Å². The predicted octanol–water partition coefficient (Wildman–Crippen LogP) is 6.60. The molecule has 212 valence electrons. The number of rotatable bonds is 7. The number of pyridine rings is 2. The summed E-state index contributed by atoms with van der Waals surface area (Å²) in [7, 11) is 2.17. The molecule has 0 amide bonds. The van der Waals surface area contributed by atoms with Crippen molar-refractivity contribution in [3.63, 3.8) is 0 Å². The van der Waals surface area contributed by atoms with Gasteiger partial charge in [-0.3, -0.25) is 9.67 Å². The van der Waals surface area contributed by atoms with Crippen molar-refractivity contribution in [2.75, 3.05) is 38.1 Å². The van der Waals surface area contributed by atoms with Crippen LogP contribution in [0, 0.1) is 0 Å². The Bertz CT molecular complexity index is 1680. The zero-order chi connectivity index (χ0) is 29.1. The first-order valence-electron chi connectivity index (χ1n) is 14.8. The highest BCUT2D eigenvalue weighted by Gasteiger charge is 2.40. The molecule has 0 radical (unpaired) electrons. The second kappa shape index (κ2) is 11.7. The van der Waals surface area contributed by atoms with Crippen LogP contribution in [0.15, 0.2) is 140 Å². The Kier molecular flexibility index (Phi) is 7.27. The largest absolute Gasteiger partial charge is 0.354 e. The third-order valence-corrected chi connectivity index (χ3v) is 8.42. The van der Waals surface area contributed by atoms with Crippen LogP contribution < -0.4 is 4.90 Å². The fraction of sp³-hybridized carbons (Fsp3) is 0.162. The Balaban J connectivity index is 1.48. The number of likely N-dealkylation sites (N-methyl/N-ethyl adjacent to an activating group) is 1. The first kappa shape index (κ1) is 26.8. The third kappa shape index (κ3) is 5.00. The van der Waals surface area contributed by atoms with Gasteiger partial charge in [0.15, 0.2) is 0 Å². The lowest BCUT2D eigenvalue weighted by molar-refractivity contribution is 0.312. The van der Waals surface area contributed by atoms with Crippen molar-refractivity contribution in [1.82, 2.24) is 24.6 Å². The van der Waals surface area contributed by atoms with Crippen LogP contribution in [0.2, 0.25) is 0 Å². The van der Waals surface area contributed by atoms with E-state index in [2.05, 4.69) is 131 Å². The summed E-state index contributed by atoms with van der Waals surface area (Å²) in [6, 6.07) is 42.3. The maximum atomic E-state index is 5.42. The molecule has 6 aromatic rings. The molecule has 0 unspecified atom stereocenters. The van der Waals surface area contributed by atoms with E-state index in [0.29, 0.717) is 0 Å². The van der Waals surface area contributed by atoms with Crippen LogP contribution in [0.3, 0.4) is 0 Å². The number of benzene rings is 3. The molecule has 43 heavy (non-hydrogen) atoms. The van der Waals surface area contributed by atoms with Gasteiger partial charge in [0, 0.05) is 50.3 Å². The smallest absolute Gasteiger partial charge is 0.138 e. The monoisotopic (exact) mass is 562 g/mol. The van der Waals surface area contributed by atoms with Crippen LogP contribution in [0.25, 0.3) is 22.5 Å². The topological polar surface area (TPSA) is 50.1 Å². The van der Waals surface area contributed by atoms with Gasteiger partial charge in [-0.1, -0.05) is 97.1 Å². The quantitative estimate of drug-likeness (QED) is 0.205. The van der Waals surface area contributed by atoms with Gasteiger partial charge in [0.2, 0.25) is 0 Å². The Labute approximate surface area is 252 Å². The number of nitrogens with zero attached hydrogens (tertiary/aromatic N) is 6. The molecule has 4 heterocycles. The molecule has 1 saturated heterocycles. The highest BCUT2D eigenvalue weighted by Crippen LogP contribution is 2.43. The van der Waals surface area contributed by atoms with Crippen molar-refractivity contribution in [2.45, 2.75) is 5.54 Å². The molecule has 1 fully saturated rings. The van der Waals surface area contributed by atoms with E-state index in [4.69, 9.17) is 15.1 Å². The zero-order valence-corrected chi connectivity index (χ0v) is 24.3. The molecule has 0 N–H and O–H groups in total. The average Bonchev–Trinajstić information content (AvgIpc) is 3.53. The fourth-order valence-electron chi connectivity index (χ4n) is 6.18. The molecule has 1 aliphatic rings. The molecule has 0 saturated carbocycles. The minimum atomic E-state index is -0.723. The van der Waals surface area contributed by atoms with E-state index in [9.17, 15) is 0 Å². The van der Waals surface area contributed by atoms with E-state index in [1.807, 2.05) is 30.6 Å². The number of hydrogen-bond acceptors (Lipinski definition) is 5. The lowest BCUT2D eigenvalue weighted by Crippen LogP contribution is -2.44. The van der Waals surface area contributed by atoms with E-state index < -0.39 is 5.54 Å². The lowest BCUT2D eigenvalue weighted by Gasteiger charge is -2.36. The van der Waals surface area contributed by atoms with Crippen LogP contribution in [-0.4, -0.2) is 57.9 Å². The highest BCUT2D eigenvalue weighted by atomic mass is 15.3. The van der Waals surface area contributed by atoms with E-state index >= 15 is 0 Å². The number of hydrogen-bond donors (Lipinski definition) is 0. The molecule has 3 aromatic heterocycles. The van der Waals surface area contributed by atoms with Gasteiger partial charge in [-0.25, -0.2) is 4.98 Å². The van der Waals surface area contributed by atoms with Crippen LogP contribution in [0.1, 0.15) is 16.7 Å². The van der Waals surface area contributed by atoms with Crippen LogP contribution >= 0.6 is 0 Å². The van der Waals surface area contributed by atoms with Gasteiger partial charge in [0.05, 0.1) is 5.69 Å². The van der Waals surface area contributed by atoms with Crippen molar-refractivity contribution < 1.29 is 0 Å². The van der Waals surface area contributed by atoms with Crippen molar-refractivity contribution in [2.24, 2.45) is 0 Å². The molecule has 7 rings (SSSR count). The minimum absolute atomic E-state index is 0.723. The molecular formula is C37H34N6. The highest BCUT2D eigenvalue weighted by molar-refractivity contribution is 5.80. The molecule has 0 atom stereocenters. The van der Waals surface area contributed by atoms with Gasteiger partial charge in [-0.15, -0.1) is 0 Å². The summed E-state index contributed by atoms with van der Waals surface area (Å²) in [5.41, 5.74) is 6.41. The number of anilines is 1. The Morgan fingerprint density at radius 2 is 1.19 bits per heavy atom. The average molecular weight is 563 g/mol. The summed E-state index contributed by atoms with van der Waals surface area (Å²) in [4.78, 5) is 14.3. The molecule has 3 aromatic carbocycles. The fourth-order valence-corrected chi connectivity index (χ4v) is 6.18. The Morgan fingerprint density at radius 1 is 0.605 bits per heavy atom. The maximum Gasteiger partial charge on any atom is 0.138 e. The third-order valence-electron chi connectivity index (χ3n) is 8.42. The Morgan fingerprint density at radius 3 is 1.74 bits per heavy atom. The van der Waals surface area contributed by atoms with Crippen molar-refractivity contribution in [3.05, 3.63) is 157 Å². The lowest BCUT2D eigenvalue weighted by atomic mass is 9.77. The molecule has 0 spiro atoms. The molecule has 6 nitrogen and oxygen atoms in total. The first-order chi connectivity index (χ1) is 21.2. The van der Waals surface area contributed by atoms with E-state index in [-0.39, 0.29) is 0 Å². The van der Waals surface area contributed by atoms with Crippen molar-refractivity contribution in [1.29, 1.82) is 0 Å². The summed E-state index contributed by atoms with van der Waals surface area (Å²) in [6.07, 6.45) is 5.95. The summed E-state index contributed by atoms with van der Waals surface area (Å²) in [5.74, 6) is 0.991. The van der Waals surface area contributed by atoms with E-state index in [1.165, 1.54) is 0 Å². The molecule has 0 bridgehead atoms. The Hall–Kier alpha value is -5.07. The SMILES string of the molecule is CN1CCN(c2cc(-c3cn(C(c4ccccc4)(c4ccccc4)c4ccccc4)nc3-c3ccccn3)ccn2)CC1. The zero-order valence-electron chi connectivity index (χ0n) is 24.3. The predicted molar refractivity (Wildman–Crippen MR) is 173 cm³/mol. The molecule has 0 aliphatic carbocycles. The standard InChI is InChI=1S/C37H34N6/c1-41-23-25-42(26-24-41)35-27-29(20-22-39-35)33-28-43(40-36(33)34-19-11-12-21-38-34)37(30-13-5-2-6-14-30,31-15-7-3-8-16-31)32-17-9-4-10-18-32/h2-22,27-28H,23-26H2,1H3. The van der Waals surface area contributed by atoms with Crippen molar-refractivity contribution in [3.8, 4) is 22.5 Å². The summed E-state index contributed by atoms with van der Waals surface area (Å²) in [5, 5.41) is 5.42. The van der Waals surface area contributed by atoms with Crippen LogP contribution in [0.4, 0.5) is 5.82 Å². The summed E-state index contributed by atoms with van der Waals surface area (Å²) < 4.78 is 2.14. The summed E-state index contributed by atoms with van der Waals surface area (Å²) >= 11 is 0. The van der Waals surface area contributed by atoms with Gasteiger partial charge >= 0.3 is 0 Å². The van der Waals surface area contributed by atoms with Gasteiger partial charge in [-0.05, 0) is 53.6 Å². The van der Waals surface area contributed by atoms with Crippen LogP contribution in [-0.2, 0) is 5.54 Å². The van der Waals surface area contributed by atoms with Crippen molar-refractivity contribution >= 4 is 5.82 Å². The van der Waals surface area contributed by atoms with Gasteiger partial charge in [0.1, 0.15) is 17.1 Å². The number of aromatic nitrogens is 4. The number of piperazine rings is 1. The molecular weight excluding hydrogens is 528 g/mol. The van der Waals surface area contributed by atoms with Gasteiger partial charge in [-0.2, -0.15) is 5.10 Å². The molecule has 1 aliphatic heterocycles. The first-order valence-corrected chi connectivity index (χ1v) is 14.8. The summed E-state index contributed by atoms with van der Waals surface area (Å²) in [6.45, 7) is 3.96. The van der Waals surface area contributed by atoms with Crippen LogP contribution in [0.5, 0.6) is 0 Å². The maximum absolute atomic E-state index is 5.42. The second-order valence-corrected chi connectivity index (χ2v) is 11.1. The van der Waals surface area contributed by atoms with Gasteiger partial charge in [0.25, 0.3) is 0 Å². The van der Waals surface area contributed by atoms with Gasteiger partial charge < -0.3 is 9.80 Å². The molecule has 6 heteroatoms. The second-order valence-electron chi connectivity index (χ2n) is 11.1. The normalized spacial score (nSPS) is 14.1.